The van der Waals surface area contributed by atoms with Gasteiger partial charge in [0.05, 0.1) is 18.8 Å². The smallest absolute Gasteiger partial charge is 0.317 e. The predicted octanol–water partition coefficient (Wildman–Crippen LogP) is -0.278. The Morgan fingerprint density at radius 1 is 1.33 bits per heavy atom. The molecule has 116 valence electrons. The molecule has 0 aromatic carbocycles. The molecule has 2 N–H and O–H groups in total. The van der Waals surface area contributed by atoms with Crippen molar-refractivity contribution >= 4 is 12.0 Å². The molecule has 1 fully saturated rings. The molecule has 2 rings (SSSR count). The second-order valence-corrected chi connectivity index (χ2v) is 5.15. The van der Waals surface area contributed by atoms with E-state index in [2.05, 4.69) is 10.4 Å². The average Bonchev–Trinajstić information content (AvgIpc) is 2.70. The second kappa shape index (κ2) is 7.07. The lowest BCUT2D eigenvalue weighted by Crippen LogP contribution is -2.42. The second-order valence-electron chi connectivity index (χ2n) is 5.15. The number of nitrogens with one attached hydrogen (secondary N) is 1. The SMILES string of the molecule is Cn1ccc(CNC(=O)N2CCCN(CC(=O)O)CC2)n1. The molecule has 0 bridgehead atoms. The molecule has 0 spiro atoms. The van der Waals surface area contributed by atoms with Gasteiger partial charge in [0.1, 0.15) is 0 Å². The van der Waals surface area contributed by atoms with Gasteiger partial charge < -0.3 is 15.3 Å². The molecule has 8 nitrogen and oxygen atoms in total. The van der Waals surface area contributed by atoms with Crippen molar-refractivity contribution in [3.05, 3.63) is 18.0 Å². The number of carboxylic acids is 1. The first-order valence-electron chi connectivity index (χ1n) is 7.00. The first-order valence-corrected chi connectivity index (χ1v) is 7.00. The largest absolute Gasteiger partial charge is 0.480 e. The van der Waals surface area contributed by atoms with Crippen LogP contribution in [0.1, 0.15) is 12.1 Å². The van der Waals surface area contributed by atoms with Crippen LogP contribution in [-0.2, 0) is 18.4 Å². The van der Waals surface area contributed by atoms with Crippen molar-refractivity contribution in [1.82, 2.24) is 24.9 Å². The van der Waals surface area contributed by atoms with Crippen molar-refractivity contribution in [3.63, 3.8) is 0 Å². The minimum absolute atomic E-state index is 0.0311. The number of hydrogen-bond donors (Lipinski definition) is 2. The predicted molar refractivity (Wildman–Crippen MR) is 75.7 cm³/mol. The number of aromatic nitrogens is 2. The van der Waals surface area contributed by atoms with Crippen LogP contribution in [0, 0.1) is 0 Å². The van der Waals surface area contributed by atoms with E-state index in [1.807, 2.05) is 24.2 Å². The molecule has 0 aliphatic carbocycles. The zero-order valence-electron chi connectivity index (χ0n) is 12.2. The van der Waals surface area contributed by atoms with Gasteiger partial charge in [-0.2, -0.15) is 5.10 Å². The van der Waals surface area contributed by atoms with Crippen molar-refractivity contribution in [2.75, 3.05) is 32.7 Å². The van der Waals surface area contributed by atoms with Crippen LogP contribution in [0.5, 0.6) is 0 Å². The highest BCUT2D eigenvalue weighted by Crippen LogP contribution is 2.04. The van der Waals surface area contributed by atoms with E-state index in [0.717, 1.165) is 12.1 Å². The Labute approximate surface area is 123 Å². The average molecular weight is 295 g/mol. The molecule has 0 saturated carbocycles. The van der Waals surface area contributed by atoms with Gasteiger partial charge in [-0.25, -0.2) is 4.79 Å². The summed E-state index contributed by atoms with van der Waals surface area (Å²) in [6, 6.07) is 1.73. The fraction of sp³-hybridized carbons (Fsp3) is 0.615. The lowest BCUT2D eigenvalue weighted by atomic mass is 10.4. The summed E-state index contributed by atoms with van der Waals surface area (Å²) in [5, 5.41) is 15.8. The summed E-state index contributed by atoms with van der Waals surface area (Å²) in [5.41, 5.74) is 0.813. The number of aliphatic carboxylic acids is 1. The van der Waals surface area contributed by atoms with Crippen LogP contribution in [0.25, 0.3) is 0 Å². The molecule has 0 unspecified atom stereocenters. The van der Waals surface area contributed by atoms with Crippen molar-refractivity contribution in [2.24, 2.45) is 7.05 Å². The van der Waals surface area contributed by atoms with E-state index in [-0.39, 0.29) is 12.6 Å². The number of carboxylic acid groups (broad SMARTS) is 1. The minimum Gasteiger partial charge on any atom is -0.480 e. The zero-order chi connectivity index (χ0) is 15.2. The Kier molecular flexibility index (Phi) is 5.15. The third-order valence-corrected chi connectivity index (χ3v) is 3.42. The van der Waals surface area contributed by atoms with Crippen molar-refractivity contribution in [2.45, 2.75) is 13.0 Å². The molecular formula is C13H21N5O3. The lowest BCUT2D eigenvalue weighted by Gasteiger charge is -2.21. The van der Waals surface area contributed by atoms with Crippen LogP contribution in [0.3, 0.4) is 0 Å². The van der Waals surface area contributed by atoms with Crippen LogP contribution in [0.15, 0.2) is 12.3 Å². The Bertz CT molecular complexity index is 502. The van der Waals surface area contributed by atoms with Crippen molar-refractivity contribution < 1.29 is 14.7 Å². The van der Waals surface area contributed by atoms with Gasteiger partial charge in [-0.1, -0.05) is 0 Å². The number of hydrogen-bond acceptors (Lipinski definition) is 4. The third kappa shape index (κ3) is 4.75. The van der Waals surface area contributed by atoms with Gasteiger partial charge in [-0.3, -0.25) is 14.4 Å². The van der Waals surface area contributed by atoms with Gasteiger partial charge in [-0.05, 0) is 12.5 Å². The summed E-state index contributed by atoms with van der Waals surface area (Å²) in [6.07, 6.45) is 2.61. The fourth-order valence-corrected chi connectivity index (χ4v) is 2.36. The molecule has 0 atom stereocenters. The van der Waals surface area contributed by atoms with Crippen LogP contribution >= 0.6 is 0 Å². The Morgan fingerprint density at radius 2 is 2.14 bits per heavy atom. The summed E-state index contributed by atoms with van der Waals surface area (Å²) in [4.78, 5) is 26.4. The number of nitrogens with zero attached hydrogens (tertiary/aromatic N) is 4. The van der Waals surface area contributed by atoms with Gasteiger partial charge in [0, 0.05) is 39.4 Å². The van der Waals surface area contributed by atoms with E-state index in [4.69, 9.17) is 5.11 Å². The molecule has 1 saturated heterocycles. The number of amides is 2. The monoisotopic (exact) mass is 295 g/mol. The molecule has 21 heavy (non-hydrogen) atoms. The summed E-state index contributed by atoms with van der Waals surface area (Å²) >= 11 is 0. The normalized spacial score (nSPS) is 16.5. The van der Waals surface area contributed by atoms with E-state index in [1.165, 1.54) is 0 Å². The maximum absolute atomic E-state index is 12.1. The minimum atomic E-state index is -0.831. The third-order valence-electron chi connectivity index (χ3n) is 3.42. The highest BCUT2D eigenvalue weighted by atomic mass is 16.4. The number of carbonyl (C=O) groups is 2. The molecule has 2 amide bonds. The molecule has 1 aliphatic rings. The van der Waals surface area contributed by atoms with Gasteiger partial charge >= 0.3 is 12.0 Å². The van der Waals surface area contributed by atoms with Gasteiger partial charge in [0.15, 0.2) is 0 Å². The van der Waals surface area contributed by atoms with Crippen molar-refractivity contribution in [3.8, 4) is 0 Å². The van der Waals surface area contributed by atoms with Crippen LogP contribution in [-0.4, -0.2) is 69.4 Å². The Morgan fingerprint density at radius 3 is 2.81 bits per heavy atom. The quantitative estimate of drug-likeness (QED) is 0.797. The topological polar surface area (TPSA) is 90.7 Å². The highest BCUT2D eigenvalue weighted by Gasteiger charge is 2.20. The number of urea groups is 1. The van der Waals surface area contributed by atoms with Crippen molar-refractivity contribution in [1.29, 1.82) is 0 Å². The van der Waals surface area contributed by atoms with E-state index >= 15 is 0 Å². The van der Waals surface area contributed by atoms with Crippen LogP contribution in [0.2, 0.25) is 0 Å². The molecular weight excluding hydrogens is 274 g/mol. The summed E-state index contributed by atoms with van der Waals surface area (Å²) in [6.45, 7) is 2.91. The highest BCUT2D eigenvalue weighted by molar-refractivity contribution is 5.74. The van der Waals surface area contributed by atoms with E-state index in [0.29, 0.717) is 32.7 Å². The van der Waals surface area contributed by atoms with E-state index < -0.39 is 5.97 Å². The zero-order valence-corrected chi connectivity index (χ0v) is 12.2. The summed E-state index contributed by atoms with van der Waals surface area (Å²) in [7, 11) is 1.83. The number of aryl methyl sites for hydroxylation is 1. The lowest BCUT2D eigenvalue weighted by molar-refractivity contribution is -0.138. The van der Waals surface area contributed by atoms with E-state index in [1.54, 1.807) is 9.58 Å². The Hall–Kier alpha value is -2.09. The van der Waals surface area contributed by atoms with Crippen LogP contribution in [0.4, 0.5) is 4.79 Å². The molecule has 1 aromatic rings. The van der Waals surface area contributed by atoms with Gasteiger partial charge in [-0.15, -0.1) is 0 Å². The molecule has 2 heterocycles. The van der Waals surface area contributed by atoms with E-state index in [9.17, 15) is 9.59 Å². The summed E-state index contributed by atoms with van der Waals surface area (Å²) in [5.74, 6) is -0.831. The van der Waals surface area contributed by atoms with Crippen LogP contribution < -0.4 is 5.32 Å². The first kappa shape index (κ1) is 15.3. The molecule has 0 radical (unpaired) electrons. The molecule has 1 aliphatic heterocycles. The standard InChI is InChI=1S/C13H21N5O3/c1-16-6-3-11(15-16)9-14-13(21)18-5-2-4-17(7-8-18)10-12(19)20/h3,6H,2,4-5,7-10H2,1H3,(H,14,21)(H,19,20). The maximum atomic E-state index is 12.1. The molecule has 8 heteroatoms. The Balaban J connectivity index is 1.78. The first-order chi connectivity index (χ1) is 10.0. The maximum Gasteiger partial charge on any atom is 0.317 e. The van der Waals surface area contributed by atoms with Gasteiger partial charge in [0.25, 0.3) is 0 Å². The summed E-state index contributed by atoms with van der Waals surface area (Å²) < 4.78 is 1.69. The fourth-order valence-electron chi connectivity index (χ4n) is 2.36. The van der Waals surface area contributed by atoms with Gasteiger partial charge in [0.2, 0.25) is 0 Å². The number of rotatable bonds is 4. The number of carbonyl (C=O) groups excluding carboxylic acids is 1. The molecule has 1 aromatic heterocycles.